The lowest BCUT2D eigenvalue weighted by atomic mass is 10.0. The van der Waals surface area contributed by atoms with E-state index in [2.05, 4.69) is 10.1 Å². The number of esters is 1. The second-order valence-corrected chi connectivity index (χ2v) is 4.77. The van der Waals surface area contributed by atoms with Crippen LogP contribution in [0.5, 0.6) is 0 Å². The minimum absolute atomic E-state index is 0.154. The predicted molar refractivity (Wildman–Crippen MR) is 64.5 cm³/mol. The summed E-state index contributed by atoms with van der Waals surface area (Å²) in [5.74, 6) is -1.75. The Hall–Kier alpha value is -2.28. The Morgan fingerprint density at radius 2 is 1.79 bits per heavy atom. The Balaban J connectivity index is 4.71. The zero-order chi connectivity index (χ0) is 15.1. The number of hydrogen-bond acceptors (Lipinski definition) is 6. The molecule has 19 heavy (non-hydrogen) atoms. The molecule has 0 aliphatic carbocycles. The van der Waals surface area contributed by atoms with Gasteiger partial charge in [0.05, 0.1) is 19.2 Å². The molecule has 0 rings (SSSR count). The van der Waals surface area contributed by atoms with E-state index in [9.17, 15) is 9.59 Å². The molecule has 0 radical (unpaired) electrons. The van der Waals surface area contributed by atoms with Gasteiger partial charge < -0.3 is 14.8 Å². The molecule has 104 valence electrons. The lowest BCUT2D eigenvalue weighted by Crippen LogP contribution is -2.44. The molecule has 0 saturated carbocycles. The van der Waals surface area contributed by atoms with Crippen molar-refractivity contribution in [2.45, 2.75) is 38.8 Å². The lowest BCUT2D eigenvalue weighted by molar-refractivity contribution is -0.143. The molecule has 0 aliphatic rings. The first-order valence-corrected chi connectivity index (χ1v) is 5.60. The number of hydrogen-bond donors (Lipinski definition) is 1. The summed E-state index contributed by atoms with van der Waals surface area (Å²) < 4.78 is 9.49. The number of carbonyl (C=O) groups is 2. The zero-order valence-corrected chi connectivity index (χ0v) is 11.4. The highest BCUT2D eigenvalue weighted by Crippen LogP contribution is 2.10. The van der Waals surface area contributed by atoms with Crippen molar-refractivity contribution < 1.29 is 19.1 Å². The molecule has 0 heterocycles. The topological polar surface area (TPSA) is 112 Å². The van der Waals surface area contributed by atoms with E-state index in [1.165, 1.54) is 0 Å². The largest absolute Gasteiger partial charge is 0.467 e. The van der Waals surface area contributed by atoms with Crippen molar-refractivity contribution in [2.24, 2.45) is 5.92 Å². The number of nitriles is 2. The van der Waals surface area contributed by atoms with Crippen molar-refractivity contribution in [1.82, 2.24) is 5.32 Å². The molecule has 0 aromatic heterocycles. The third kappa shape index (κ3) is 6.89. The number of amides is 1. The molecular formula is C12H17N3O4. The van der Waals surface area contributed by atoms with Gasteiger partial charge in [-0.05, 0) is 20.8 Å². The highest BCUT2D eigenvalue weighted by molar-refractivity contribution is 5.81. The molecule has 0 saturated heterocycles. The van der Waals surface area contributed by atoms with Crippen molar-refractivity contribution in [3.63, 3.8) is 0 Å². The van der Waals surface area contributed by atoms with Gasteiger partial charge in [-0.2, -0.15) is 10.5 Å². The number of nitrogens with zero attached hydrogens (tertiary/aromatic N) is 2. The molecule has 0 aromatic carbocycles. The van der Waals surface area contributed by atoms with E-state index in [0.29, 0.717) is 0 Å². The quantitative estimate of drug-likeness (QED) is 0.763. The third-order valence-corrected chi connectivity index (χ3v) is 1.96. The molecule has 0 bridgehead atoms. The summed E-state index contributed by atoms with van der Waals surface area (Å²) >= 11 is 0. The molecule has 1 atom stereocenters. The molecular weight excluding hydrogens is 250 g/mol. The Morgan fingerprint density at radius 3 is 2.16 bits per heavy atom. The van der Waals surface area contributed by atoms with Gasteiger partial charge in [0, 0.05) is 6.42 Å². The van der Waals surface area contributed by atoms with Gasteiger partial charge in [0.1, 0.15) is 17.6 Å². The fraction of sp³-hybridized carbons (Fsp3) is 0.667. The molecule has 0 aromatic rings. The summed E-state index contributed by atoms with van der Waals surface area (Å²) in [6, 6.07) is 2.35. The van der Waals surface area contributed by atoms with Crippen molar-refractivity contribution in [3.8, 4) is 12.1 Å². The molecule has 0 spiro atoms. The smallest absolute Gasteiger partial charge is 0.408 e. The molecule has 7 nitrogen and oxygen atoms in total. The van der Waals surface area contributed by atoms with E-state index in [4.69, 9.17) is 15.3 Å². The van der Waals surface area contributed by atoms with Crippen LogP contribution in [0.15, 0.2) is 0 Å². The SMILES string of the molecule is COC(=O)[C@H](CC(C#N)C#N)NC(=O)OC(C)(C)C. The average Bonchev–Trinajstić information content (AvgIpc) is 2.31. The Bertz CT molecular complexity index is 400. The van der Waals surface area contributed by atoms with Gasteiger partial charge in [0.2, 0.25) is 0 Å². The molecule has 0 aliphatic heterocycles. The second-order valence-electron chi connectivity index (χ2n) is 4.77. The van der Waals surface area contributed by atoms with Crippen LogP contribution in [-0.2, 0) is 14.3 Å². The van der Waals surface area contributed by atoms with E-state index in [1.807, 2.05) is 0 Å². The summed E-state index contributed by atoms with van der Waals surface area (Å²) in [7, 11) is 1.15. The lowest BCUT2D eigenvalue weighted by Gasteiger charge is -2.22. The Labute approximate surface area is 112 Å². The standard InChI is InChI=1S/C12H17N3O4/c1-12(2,3)19-11(17)15-9(10(16)18-4)5-8(6-13)7-14/h8-9H,5H2,1-4H3,(H,15,17)/t9-/m0/s1. The van der Waals surface area contributed by atoms with E-state index in [-0.39, 0.29) is 6.42 Å². The van der Waals surface area contributed by atoms with Gasteiger partial charge in [-0.1, -0.05) is 0 Å². The van der Waals surface area contributed by atoms with Crippen LogP contribution in [0.2, 0.25) is 0 Å². The maximum absolute atomic E-state index is 11.5. The second kappa shape index (κ2) is 7.22. The van der Waals surface area contributed by atoms with Gasteiger partial charge in [0.15, 0.2) is 0 Å². The van der Waals surface area contributed by atoms with Crippen molar-refractivity contribution >= 4 is 12.1 Å². The van der Waals surface area contributed by atoms with Crippen LogP contribution in [0.25, 0.3) is 0 Å². The number of nitrogens with one attached hydrogen (secondary N) is 1. The van der Waals surface area contributed by atoms with Crippen molar-refractivity contribution in [1.29, 1.82) is 10.5 Å². The van der Waals surface area contributed by atoms with Crippen LogP contribution >= 0.6 is 0 Å². The first-order chi connectivity index (χ1) is 8.73. The summed E-state index contributed by atoms with van der Waals surface area (Å²) in [5.41, 5.74) is -0.714. The minimum atomic E-state index is -1.09. The fourth-order valence-electron chi connectivity index (χ4n) is 1.18. The maximum Gasteiger partial charge on any atom is 0.408 e. The predicted octanol–water partition coefficient (Wildman–Crippen LogP) is 1.11. The Morgan fingerprint density at radius 1 is 1.26 bits per heavy atom. The van der Waals surface area contributed by atoms with Gasteiger partial charge >= 0.3 is 12.1 Å². The molecule has 7 heteroatoms. The first kappa shape index (κ1) is 16.7. The summed E-state index contributed by atoms with van der Waals surface area (Å²) in [5, 5.41) is 19.6. The van der Waals surface area contributed by atoms with Gasteiger partial charge in [-0.15, -0.1) is 0 Å². The third-order valence-electron chi connectivity index (χ3n) is 1.96. The summed E-state index contributed by atoms with van der Waals surface area (Å²) in [4.78, 5) is 23.0. The number of methoxy groups -OCH3 is 1. The van der Waals surface area contributed by atoms with Gasteiger partial charge in [-0.3, -0.25) is 0 Å². The molecule has 1 amide bonds. The van der Waals surface area contributed by atoms with Gasteiger partial charge in [-0.25, -0.2) is 9.59 Å². The van der Waals surface area contributed by atoms with Crippen LogP contribution in [0.4, 0.5) is 4.79 Å². The van der Waals surface area contributed by atoms with Crippen LogP contribution in [0, 0.1) is 28.6 Å². The minimum Gasteiger partial charge on any atom is -0.467 e. The molecule has 1 N–H and O–H groups in total. The number of carbonyl (C=O) groups excluding carboxylic acids is 2. The summed E-state index contributed by atoms with van der Waals surface area (Å²) in [6.45, 7) is 5.02. The molecule has 0 unspecified atom stereocenters. The van der Waals surface area contributed by atoms with Crippen molar-refractivity contribution in [2.75, 3.05) is 7.11 Å². The van der Waals surface area contributed by atoms with Crippen LogP contribution in [0.1, 0.15) is 27.2 Å². The normalized spacial score (nSPS) is 11.9. The van der Waals surface area contributed by atoms with Crippen LogP contribution in [0.3, 0.4) is 0 Å². The summed E-state index contributed by atoms with van der Waals surface area (Å²) in [6.07, 6.45) is -0.962. The van der Waals surface area contributed by atoms with Crippen LogP contribution < -0.4 is 5.32 Å². The van der Waals surface area contributed by atoms with E-state index < -0.39 is 29.6 Å². The van der Waals surface area contributed by atoms with Gasteiger partial charge in [0.25, 0.3) is 0 Å². The first-order valence-electron chi connectivity index (χ1n) is 5.60. The fourth-order valence-corrected chi connectivity index (χ4v) is 1.18. The maximum atomic E-state index is 11.5. The highest BCUT2D eigenvalue weighted by atomic mass is 16.6. The van der Waals surface area contributed by atoms with E-state index >= 15 is 0 Å². The number of alkyl carbamates (subject to hydrolysis) is 1. The molecule has 0 fully saturated rings. The monoisotopic (exact) mass is 267 g/mol. The number of ether oxygens (including phenoxy) is 2. The number of rotatable bonds is 4. The van der Waals surface area contributed by atoms with E-state index in [0.717, 1.165) is 7.11 Å². The highest BCUT2D eigenvalue weighted by Gasteiger charge is 2.27. The van der Waals surface area contributed by atoms with E-state index in [1.54, 1.807) is 32.9 Å². The average molecular weight is 267 g/mol. The van der Waals surface area contributed by atoms with Crippen LogP contribution in [-0.4, -0.2) is 30.8 Å². The van der Waals surface area contributed by atoms with Crippen molar-refractivity contribution in [3.05, 3.63) is 0 Å². The Kier molecular flexibility index (Phi) is 6.35. The zero-order valence-electron chi connectivity index (χ0n) is 11.4.